The highest BCUT2D eigenvalue weighted by atomic mass is 35.5. The molecule has 0 aliphatic carbocycles. The first-order valence-electron chi connectivity index (χ1n) is 7.76. The third kappa shape index (κ3) is 3.65. The van der Waals surface area contributed by atoms with Gasteiger partial charge in [0.25, 0.3) is 0 Å². The molecule has 1 atom stereocenters. The molecule has 1 saturated heterocycles. The molecule has 0 bridgehead atoms. The second-order valence-electron chi connectivity index (χ2n) is 5.59. The van der Waals surface area contributed by atoms with Crippen molar-refractivity contribution < 1.29 is 14.2 Å². The summed E-state index contributed by atoms with van der Waals surface area (Å²) in [4.78, 5) is 11.9. The number of nitrogens with zero attached hydrogens (tertiary/aromatic N) is 3. The molecule has 0 spiro atoms. The van der Waals surface area contributed by atoms with Crippen LogP contribution in [0.3, 0.4) is 0 Å². The highest BCUT2D eigenvalue weighted by Crippen LogP contribution is 2.35. The molecule has 0 radical (unpaired) electrons. The number of hydrogen-bond donors (Lipinski definition) is 2. The van der Waals surface area contributed by atoms with Crippen LogP contribution in [0.2, 0.25) is 5.15 Å². The maximum atomic E-state index is 14.3. The largest absolute Gasteiger partial charge is 0.493 e. The zero-order chi connectivity index (χ0) is 17.1. The van der Waals surface area contributed by atoms with Gasteiger partial charge in [0.1, 0.15) is 17.5 Å². The third-order valence-electron chi connectivity index (χ3n) is 3.94. The fraction of sp³-hybridized carbons (Fsp3) is 0.533. The second kappa shape index (κ2) is 7.67. The Balaban J connectivity index is 1.93. The van der Waals surface area contributed by atoms with Crippen molar-refractivity contribution in [3.8, 4) is 11.8 Å². The normalized spacial score (nSPS) is 18.5. The van der Waals surface area contributed by atoms with E-state index in [1.807, 2.05) is 0 Å². The SMILES string of the molecule is CSc1nc(O)c2c(OCC3CCCCCN3)nc(Cl)c(F)c2n1. The van der Waals surface area contributed by atoms with Gasteiger partial charge >= 0.3 is 0 Å². The predicted molar refractivity (Wildman–Crippen MR) is 91.5 cm³/mol. The summed E-state index contributed by atoms with van der Waals surface area (Å²) in [5, 5.41) is 13.5. The Bertz CT molecular complexity index is 741. The summed E-state index contributed by atoms with van der Waals surface area (Å²) in [7, 11) is 0. The Morgan fingerprint density at radius 3 is 2.96 bits per heavy atom. The molecule has 3 heterocycles. The second-order valence-corrected chi connectivity index (χ2v) is 6.72. The number of halogens is 2. The molecule has 0 aromatic carbocycles. The van der Waals surface area contributed by atoms with E-state index >= 15 is 0 Å². The van der Waals surface area contributed by atoms with Crippen molar-refractivity contribution in [3.63, 3.8) is 0 Å². The molecule has 9 heteroatoms. The molecular weight excluding hydrogens is 355 g/mol. The lowest BCUT2D eigenvalue weighted by Crippen LogP contribution is -2.34. The van der Waals surface area contributed by atoms with E-state index in [4.69, 9.17) is 16.3 Å². The fourth-order valence-electron chi connectivity index (χ4n) is 2.69. The van der Waals surface area contributed by atoms with Gasteiger partial charge in [-0.05, 0) is 25.6 Å². The average molecular weight is 373 g/mol. The van der Waals surface area contributed by atoms with E-state index in [-0.39, 0.29) is 39.0 Å². The monoisotopic (exact) mass is 372 g/mol. The van der Waals surface area contributed by atoms with Crippen molar-refractivity contribution in [2.75, 3.05) is 19.4 Å². The molecule has 1 aliphatic heterocycles. The van der Waals surface area contributed by atoms with Crippen LogP contribution in [0, 0.1) is 5.82 Å². The molecule has 1 aliphatic rings. The summed E-state index contributed by atoms with van der Waals surface area (Å²) in [5.74, 6) is -1.11. The number of pyridine rings is 1. The van der Waals surface area contributed by atoms with Crippen molar-refractivity contribution in [2.45, 2.75) is 36.9 Å². The van der Waals surface area contributed by atoms with Gasteiger partial charge in [-0.3, -0.25) is 0 Å². The summed E-state index contributed by atoms with van der Waals surface area (Å²) in [6.45, 7) is 1.30. The van der Waals surface area contributed by atoms with Crippen LogP contribution < -0.4 is 10.1 Å². The van der Waals surface area contributed by atoms with Crippen molar-refractivity contribution in [3.05, 3.63) is 11.0 Å². The number of fused-ring (bicyclic) bond motifs is 1. The van der Waals surface area contributed by atoms with Crippen molar-refractivity contribution in [1.82, 2.24) is 20.3 Å². The standard InChI is InChI=1S/C15H18ClFN4O2S/c1-24-15-19-11-9(13(22)21-15)14(20-12(16)10(11)17)23-7-8-5-3-2-4-6-18-8/h8,18H,2-7H2,1H3,(H,19,21,22). The van der Waals surface area contributed by atoms with Crippen molar-refractivity contribution in [2.24, 2.45) is 0 Å². The van der Waals surface area contributed by atoms with Crippen molar-refractivity contribution in [1.29, 1.82) is 0 Å². The maximum absolute atomic E-state index is 14.3. The van der Waals surface area contributed by atoms with Gasteiger partial charge in [-0.2, -0.15) is 9.97 Å². The zero-order valence-electron chi connectivity index (χ0n) is 13.2. The molecule has 2 aromatic heterocycles. The smallest absolute Gasteiger partial charge is 0.230 e. The highest BCUT2D eigenvalue weighted by molar-refractivity contribution is 7.98. The van der Waals surface area contributed by atoms with Gasteiger partial charge in [0.2, 0.25) is 11.8 Å². The Kier molecular flexibility index (Phi) is 5.57. The minimum absolute atomic E-state index is 0.0447. The Labute approximate surface area is 148 Å². The third-order valence-corrected chi connectivity index (χ3v) is 4.74. The number of rotatable bonds is 4. The van der Waals surface area contributed by atoms with Gasteiger partial charge < -0.3 is 15.2 Å². The summed E-state index contributed by atoms with van der Waals surface area (Å²) in [6.07, 6.45) is 6.19. The number of aromatic hydroxyl groups is 1. The van der Waals surface area contributed by atoms with E-state index in [1.54, 1.807) is 6.26 Å². The lowest BCUT2D eigenvalue weighted by molar-refractivity contribution is 0.254. The number of ether oxygens (including phenoxy) is 1. The van der Waals surface area contributed by atoms with Gasteiger partial charge in [0.15, 0.2) is 16.1 Å². The minimum atomic E-state index is -0.792. The van der Waals surface area contributed by atoms with Crippen LogP contribution >= 0.6 is 23.4 Å². The van der Waals surface area contributed by atoms with Crippen LogP contribution in [0.15, 0.2) is 5.16 Å². The van der Waals surface area contributed by atoms with E-state index < -0.39 is 5.82 Å². The summed E-state index contributed by atoms with van der Waals surface area (Å²) < 4.78 is 20.0. The van der Waals surface area contributed by atoms with Crippen LogP contribution in [0.25, 0.3) is 10.9 Å². The summed E-state index contributed by atoms with van der Waals surface area (Å²) >= 11 is 7.05. The lowest BCUT2D eigenvalue weighted by Gasteiger charge is -2.17. The quantitative estimate of drug-likeness (QED) is 0.484. The molecule has 130 valence electrons. The Morgan fingerprint density at radius 2 is 2.17 bits per heavy atom. The van der Waals surface area contributed by atoms with Crippen LogP contribution in [0.5, 0.6) is 11.8 Å². The van der Waals surface area contributed by atoms with Crippen LogP contribution in [-0.2, 0) is 0 Å². The molecule has 0 amide bonds. The molecule has 3 rings (SSSR count). The van der Waals surface area contributed by atoms with Crippen LogP contribution in [-0.4, -0.2) is 45.5 Å². The molecule has 0 saturated carbocycles. The first-order valence-corrected chi connectivity index (χ1v) is 9.36. The molecule has 6 nitrogen and oxygen atoms in total. The van der Waals surface area contributed by atoms with Gasteiger partial charge in [0.05, 0.1) is 0 Å². The number of nitrogens with one attached hydrogen (secondary N) is 1. The van der Waals surface area contributed by atoms with Gasteiger partial charge in [-0.15, -0.1) is 0 Å². The topological polar surface area (TPSA) is 80.2 Å². The predicted octanol–water partition coefficient (Wildman–Crippen LogP) is 3.16. The molecule has 1 fully saturated rings. The Morgan fingerprint density at radius 1 is 1.33 bits per heavy atom. The molecule has 2 N–H and O–H groups in total. The zero-order valence-corrected chi connectivity index (χ0v) is 14.8. The van der Waals surface area contributed by atoms with Crippen LogP contribution in [0.1, 0.15) is 25.7 Å². The highest BCUT2D eigenvalue weighted by Gasteiger charge is 2.22. The number of thioether (sulfide) groups is 1. The van der Waals surface area contributed by atoms with Gasteiger partial charge in [-0.25, -0.2) is 9.37 Å². The molecule has 2 aromatic rings. The number of hydrogen-bond acceptors (Lipinski definition) is 7. The Hall–Kier alpha value is -1.38. The van der Waals surface area contributed by atoms with E-state index in [1.165, 1.54) is 18.2 Å². The minimum Gasteiger partial charge on any atom is -0.493 e. The average Bonchev–Trinajstić information content (AvgIpc) is 2.85. The molecular formula is C15H18ClFN4O2S. The molecule has 24 heavy (non-hydrogen) atoms. The fourth-order valence-corrected chi connectivity index (χ4v) is 3.22. The summed E-state index contributed by atoms with van der Waals surface area (Å²) in [6, 6.07) is 0.182. The summed E-state index contributed by atoms with van der Waals surface area (Å²) in [5.41, 5.74) is -0.0873. The first-order chi connectivity index (χ1) is 11.6. The van der Waals surface area contributed by atoms with Crippen molar-refractivity contribution >= 4 is 34.3 Å². The van der Waals surface area contributed by atoms with E-state index in [9.17, 15) is 9.50 Å². The van der Waals surface area contributed by atoms with Crippen LogP contribution in [0.4, 0.5) is 4.39 Å². The lowest BCUT2D eigenvalue weighted by atomic mass is 10.1. The van der Waals surface area contributed by atoms with E-state index in [0.29, 0.717) is 6.61 Å². The first kappa shape index (κ1) is 17.4. The van der Waals surface area contributed by atoms with Gasteiger partial charge in [0, 0.05) is 6.04 Å². The van der Waals surface area contributed by atoms with Gasteiger partial charge in [-0.1, -0.05) is 36.2 Å². The number of aromatic nitrogens is 3. The van der Waals surface area contributed by atoms with E-state index in [0.717, 1.165) is 25.8 Å². The van der Waals surface area contributed by atoms with E-state index in [2.05, 4.69) is 20.3 Å². The maximum Gasteiger partial charge on any atom is 0.230 e. The molecule has 1 unspecified atom stereocenters.